The molecule has 1 nitrogen and oxygen atoms in total. The van der Waals surface area contributed by atoms with Gasteiger partial charge in [-0.1, -0.05) is 19.1 Å². The van der Waals surface area contributed by atoms with E-state index >= 15 is 0 Å². The zero-order chi connectivity index (χ0) is 10.2. The van der Waals surface area contributed by atoms with E-state index in [0.29, 0.717) is 5.92 Å². The molecule has 0 aliphatic heterocycles. The highest BCUT2D eigenvalue weighted by atomic mass is 19.1. The third-order valence-electron chi connectivity index (χ3n) is 3.12. The molecule has 0 saturated heterocycles. The van der Waals surface area contributed by atoms with Crippen LogP contribution in [0.5, 0.6) is 0 Å². The van der Waals surface area contributed by atoms with Gasteiger partial charge in [0.1, 0.15) is 5.82 Å². The predicted octanol–water partition coefficient (Wildman–Crippen LogP) is 2.83. The molecule has 1 N–H and O–H groups in total. The molecule has 1 aliphatic carbocycles. The van der Waals surface area contributed by atoms with Crippen molar-refractivity contribution < 1.29 is 9.50 Å². The van der Waals surface area contributed by atoms with Gasteiger partial charge in [-0.15, -0.1) is 0 Å². The fourth-order valence-electron chi connectivity index (χ4n) is 2.29. The Morgan fingerprint density at radius 1 is 1.36 bits per heavy atom. The molecule has 2 rings (SSSR count). The van der Waals surface area contributed by atoms with Crippen molar-refractivity contribution in [2.45, 2.75) is 31.8 Å². The normalized spacial score (nSPS) is 32.1. The summed E-state index contributed by atoms with van der Waals surface area (Å²) in [5.41, 5.74) is 0.135. The first-order valence-corrected chi connectivity index (χ1v) is 5.08. The molecule has 0 spiro atoms. The van der Waals surface area contributed by atoms with Gasteiger partial charge in [0.2, 0.25) is 0 Å². The van der Waals surface area contributed by atoms with Crippen LogP contribution in [0.4, 0.5) is 4.39 Å². The number of benzene rings is 1. The summed E-state index contributed by atoms with van der Waals surface area (Å²) in [7, 11) is 0. The van der Waals surface area contributed by atoms with Crippen LogP contribution in [0, 0.1) is 11.7 Å². The smallest absolute Gasteiger partial charge is 0.123 e. The monoisotopic (exact) mass is 194 g/mol. The summed E-state index contributed by atoms with van der Waals surface area (Å²) in [6.07, 6.45) is 2.63. The van der Waals surface area contributed by atoms with Gasteiger partial charge in [-0.2, -0.15) is 0 Å². The van der Waals surface area contributed by atoms with Crippen LogP contribution in [0.1, 0.15) is 31.7 Å². The number of hydrogen-bond donors (Lipinski definition) is 1. The highest BCUT2D eigenvalue weighted by Gasteiger charge is 2.36. The van der Waals surface area contributed by atoms with Crippen LogP contribution >= 0.6 is 0 Å². The molecule has 1 aromatic rings. The van der Waals surface area contributed by atoms with Crippen molar-refractivity contribution in [3.05, 3.63) is 35.6 Å². The largest absolute Gasteiger partial charge is 0.385 e. The Bertz CT molecular complexity index is 320. The molecular formula is C12H15FO. The van der Waals surface area contributed by atoms with E-state index < -0.39 is 5.60 Å². The van der Waals surface area contributed by atoms with Crippen molar-refractivity contribution in [3.8, 4) is 0 Å². The van der Waals surface area contributed by atoms with Crippen molar-refractivity contribution >= 4 is 0 Å². The Kier molecular flexibility index (Phi) is 2.31. The molecule has 2 heteroatoms. The summed E-state index contributed by atoms with van der Waals surface area (Å²) < 4.78 is 12.7. The summed E-state index contributed by atoms with van der Waals surface area (Å²) in [5, 5.41) is 10.3. The third kappa shape index (κ3) is 1.67. The van der Waals surface area contributed by atoms with E-state index in [2.05, 4.69) is 6.92 Å². The van der Waals surface area contributed by atoms with Gasteiger partial charge < -0.3 is 5.11 Å². The molecule has 0 radical (unpaired) electrons. The van der Waals surface area contributed by atoms with E-state index in [9.17, 15) is 9.50 Å². The molecule has 14 heavy (non-hydrogen) atoms. The maximum absolute atomic E-state index is 12.7. The third-order valence-corrected chi connectivity index (χ3v) is 3.12. The Morgan fingerprint density at radius 2 is 2.00 bits per heavy atom. The molecule has 0 unspecified atom stereocenters. The van der Waals surface area contributed by atoms with Gasteiger partial charge in [0.15, 0.2) is 0 Å². The van der Waals surface area contributed by atoms with Crippen LogP contribution in [0.25, 0.3) is 0 Å². The van der Waals surface area contributed by atoms with Gasteiger partial charge in [-0.25, -0.2) is 4.39 Å². The molecule has 0 heterocycles. The zero-order valence-electron chi connectivity index (χ0n) is 8.33. The molecule has 0 bridgehead atoms. The Morgan fingerprint density at radius 3 is 2.50 bits per heavy atom. The average molecular weight is 194 g/mol. The maximum Gasteiger partial charge on any atom is 0.123 e. The van der Waals surface area contributed by atoms with E-state index in [4.69, 9.17) is 0 Å². The first-order valence-electron chi connectivity index (χ1n) is 5.08. The van der Waals surface area contributed by atoms with Crippen LogP contribution in [0.3, 0.4) is 0 Å². The van der Waals surface area contributed by atoms with Crippen molar-refractivity contribution in [1.82, 2.24) is 0 Å². The van der Waals surface area contributed by atoms with Gasteiger partial charge in [-0.3, -0.25) is 0 Å². The van der Waals surface area contributed by atoms with Gasteiger partial charge >= 0.3 is 0 Å². The van der Waals surface area contributed by atoms with E-state index in [0.717, 1.165) is 24.8 Å². The lowest BCUT2D eigenvalue weighted by Gasteiger charge is -2.23. The lowest BCUT2D eigenvalue weighted by molar-refractivity contribution is 0.0407. The highest BCUT2D eigenvalue weighted by molar-refractivity contribution is 5.24. The topological polar surface area (TPSA) is 20.2 Å². The molecule has 1 aliphatic rings. The number of halogens is 1. The summed E-state index contributed by atoms with van der Waals surface area (Å²) in [6.45, 7) is 2.14. The molecule has 0 aromatic heterocycles. The minimum absolute atomic E-state index is 0.247. The van der Waals surface area contributed by atoms with Gasteiger partial charge in [0, 0.05) is 0 Å². The standard InChI is InChI=1S/C12H15FO/c1-9-6-7-12(14,8-9)10-2-4-11(13)5-3-10/h2-5,9,14H,6-8H2,1H3/t9-,12+/m1/s1. The first-order chi connectivity index (χ1) is 6.60. The minimum Gasteiger partial charge on any atom is -0.385 e. The number of aliphatic hydroxyl groups is 1. The maximum atomic E-state index is 12.7. The molecule has 2 atom stereocenters. The second-order valence-corrected chi connectivity index (χ2v) is 4.39. The van der Waals surface area contributed by atoms with Crippen LogP contribution in [-0.4, -0.2) is 5.11 Å². The Hall–Kier alpha value is -0.890. The predicted molar refractivity (Wildman–Crippen MR) is 53.3 cm³/mol. The molecule has 1 fully saturated rings. The lowest BCUT2D eigenvalue weighted by Crippen LogP contribution is -2.21. The van der Waals surface area contributed by atoms with Crippen molar-refractivity contribution in [2.24, 2.45) is 5.92 Å². The number of hydrogen-bond acceptors (Lipinski definition) is 1. The van der Waals surface area contributed by atoms with Crippen molar-refractivity contribution in [2.75, 3.05) is 0 Å². The van der Waals surface area contributed by atoms with E-state index in [1.54, 1.807) is 12.1 Å². The molecule has 1 aromatic carbocycles. The molecule has 0 amide bonds. The second kappa shape index (κ2) is 3.35. The SMILES string of the molecule is C[C@@H]1CC[C@@](O)(c2ccc(F)cc2)C1. The molecule has 76 valence electrons. The van der Waals surface area contributed by atoms with Gasteiger partial charge in [0.25, 0.3) is 0 Å². The Balaban J connectivity index is 2.26. The fourth-order valence-corrected chi connectivity index (χ4v) is 2.29. The summed E-state index contributed by atoms with van der Waals surface area (Å²) >= 11 is 0. The van der Waals surface area contributed by atoms with Crippen molar-refractivity contribution in [3.63, 3.8) is 0 Å². The van der Waals surface area contributed by atoms with Crippen LogP contribution in [-0.2, 0) is 5.60 Å². The van der Waals surface area contributed by atoms with Crippen LogP contribution in [0.2, 0.25) is 0 Å². The molecular weight excluding hydrogens is 179 g/mol. The van der Waals surface area contributed by atoms with Gasteiger partial charge in [0.05, 0.1) is 5.60 Å². The van der Waals surface area contributed by atoms with E-state index in [1.807, 2.05) is 0 Å². The highest BCUT2D eigenvalue weighted by Crippen LogP contribution is 2.41. The average Bonchev–Trinajstić information content (AvgIpc) is 2.48. The quantitative estimate of drug-likeness (QED) is 0.728. The zero-order valence-corrected chi connectivity index (χ0v) is 8.33. The summed E-state index contributed by atoms with van der Waals surface area (Å²) in [5.74, 6) is 0.313. The van der Waals surface area contributed by atoms with E-state index in [1.165, 1.54) is 12.1 Å². The minimum atomic E-state index is -0.715. The van der Waals surface area contributed by atoms with Crippen LogP contribution < -0.4 is 0 Å². The summed E-state index contributed by atoms with van der Waals surface area (Å²) in [6, 6.07) is 6.20. The summed E-state index contributed by atoms with van der Waals surface area (Å²) in [4.78, 5) is 0. The van der Waals surface area contributed by atoms with Crippen molar-refractivity contribution in [1.29, 1.82) is 0 Å². The second-order valence-electron chi connectivity index (χ2n) is 4.39. The van der Waals surface area contributed by atoms with E-state index in [-0.39, 0.29) is 5.82 Å². The molecule has 1 saturated carbocycles. The first kappa shape index (κ1) is 9.66. The number of rotatable bonds is 1. The lowest BCUT2D eigenvalue weighted by atomic mass is 9.91. The van der Waals surface area contributed by atoms with Crippen LogP contribution in [0.15, 0.2) is 24.3 Å². The fraction of sp³-hybridized carbons (Fsp3) is 0.500. The van der Waals surface area contributed by atoms with Gasteiger partial charge in [-0.05, 0) is 42.9 Å². The Labute approximate surface area is 83.6 Å².